The van der Waals surface area contributed by atoms with Gasteiger partial charge in [0.2, 0.25) is 0 Å². The molecule has 1 N–H and O–H groups in total. The maximum atomic E-state index is 14.9. The molecule has 1 unspecified atom stereocenters. The fourth-order valence-corrected chi connectivity index (χ4v) is 7.64. The van der Waals surface area contributed by atoms with Crippen LogP contribution in [0, 0.1) is 18.7 Å². The Morgan fingerprint density at radius 2 is 1.86 bits per heavy atom. The van der Waals surface area contributed by atoms with Gasteiger partial charge < -0.3 is 14.7 Å². The van der Waals surface area contributed by atoms with Gasteiger partial charge in [0.05, 0.1) is 6.61 Å². The Bertz CT molecular complexity index is 1420. The molecule has 3 aromatic carbocycles. The van der Waals surface area contributed by atoms with Gasteiger partial charge in [0.15, 0.2) is 3.69 Å². The fraction of sp³-hybridized carbons (Fsp3) is 0.241. The molecule has 1 heterocycles. The number of carboxylic acid groups (broad SMARTS) is 1. The quantitative estimate of drug-likeness (QED) is 0.288. The molecule has 0 aliphatic carbocycles. The Kier molecular flexibility index (Phi) is 8.21. The molecule has 0 spiro atoms. The van der Waals surface area contributed by atoms with E-state index in [1.54, 1.807) is 20.1 Å². The summed E-state index contributed by atoms with van der Waals surface area (Å²) in [6.45, 7) is 4.35. The molecule has 188 valence electrons. The lowest BCUT2D eigenvalue weighted by atomic mass is 9.95. The van der Waals surface area contributed by atoms with E-state index in [0.29, 0.717) is 27.9 Å². The van der Waals surface area contributed by atoms with E-state index >= 15 is 0 Å². The summed E-state index contributed by atoms with van der Waals surface area (Å²) in [5, 5.41) is 13.3. The third-order valence-corrected chi connectivity index (χ3v) is 10.1. The molecule has 0 fully saturated rings. The summed E-state index contributed by atoms with van der Waals surface area (Å²) in [6.07, 6.45) is 0.365. The van der Waals surface area contributed by atoms with Gasteiger partial charge in [-0.1, -0.05) is 84.0 Å². The third-order valence-electron chi connectivity index (χ3n) is 6.08. The molecule has 1 atom stereocenters. The van der Waals surface area contributed by atoms with E-state index in [9.17, 15) is 9.18 Å². The van der Waals surface area contributed by atoms with Crippen LogP contribution in [0.1, 0.15) is 41.2 Å². The Hall–Kier alpha value is -3.04. The number of carbonyl (C=O) groups is 1. The van der Waals surface area contributed by atoms with Crippen LogP contribution >= 0.6 is 18.9 Å². The van der Waals surface area contributed by atoms with Crippen LogP contribution in [0.15, 0.2) is 65.8 Å². The van der Waals surface area contributed by atoms with Crippen LogP contribution in [0.25, 0.3) is 11.1 Å². The summed E-state index contributed by atoms with van der Waals surface area (Å²) < 4.78 is 26.2. The van der Waals surface area contributed by atoms with Crippen LogP contribution < -0.4 is 0 Å². The van der Waals surface area contributed by atoms with Crippen LogP contribution in [-0.2, 0) is 27.4 Å². The van der Waals surface area contributed by atoms with Gasteiger partial charge in [0.25, 0.3) is 0 Å². The van der Waals surface area contributed by atoms with E-state index in [0.717, 1.165) is 25.9 Å². The summed E-state index contributed by atoms with van der Waals surface area (Å²) in [6, 6.07) is 19.4. The second-order valence-electron chi connectivity index (χ2n) is 8.94. The zero-order chi connectivity index (χ0) is 25.8. The molecule has 0 radical (unpaired) electrons. The van der Waals surface area contributed by atoms with Gasteiger partial charge in [-0.25, -0.2) is 4.39 Å². The highest BCUT2D eigenvalue weighted by Crippen LogP contribution is 2.34. The van der Waals surface area contributed by atoms with Gasteiger partial charge in [-0.2, -0.15) is 0 Å². The van der Waals surface area contributed by atoms with E-state index < -0.39 is 24.8 Å². The van der Waals surface area contributed by atoms with Crippen molar-refractivity contribution in [2.75, 3.05) is 7.11 Å². The number of oxime groups is 1. The zero-order valence-corrected chi connectivity index (χ0v) is 22.7. The smallest absolute Gasteiger partial charge is 0.303 e. The number of benzene rings is 3. The zero-order valence-electron chi connectivity index (χ0n) is 20.6. The maximum Gasteiger partial charge on any atom is 0.303 e. The Balaban J connectivity index is 1.62. The molecule has 5 nitrogen and oxygen atoms in total. The highest BCUT2D eigenvalue weighted by Gasteiger charge is 2.21. The largest absolute Gasteiger partial charge is 0.481 e. The number of methoxy groups -OCH3 is 1. The van der Waals surface area contributed by atoms with Gasteiger partial charge in [0, 0.05) is 24.7 Å². The SMILES string of the molecule is C=I1=C(c2ccc(-c3ccccc3C)c(COC)c2)ON=C1c1ccc(CC(C)CC(=O)O)c(F)c1. The van der Waals surface area contributed by atoms with Gasteiger partial charge in [-0.3, -0.25) is 4.79 Å². The van der Waals surface area contributed by atoms with E-state index in [-0.39, 0.29) is 18.2 Å². The lowest BCUT2D eigenvalue weighted by Gasteiger charge is -2.13. The minimum absolute atomic E-state index is 0.00248. The molecule has 0 bridgehead atoms. The Labute approximate surface area is 216 Å². The third kappa shape index (κ3) is 5.68. The number of hydrogen-bond donors (Lipinski definition) is 1. The normalized spacial score (nSPS) is 14.4. The summed E-state index contributed by atoms with van der Waals surface area (Å²) in [4.78, 5) is 16.7. The minimum Gasteiger partial charge on any atom is -0.481 e. The molecule has 7 heteroatoms. The van der Waals surface area contributed by atoms with Crippen molar-refractivity contribution in [3.63, 3.8) is 0 Å². The van der Waals surface area contributed by atoms with Crippen molar-refractivity contribution in [2.45, 2.75) is 33.3 Å². The molecule has 1 aliphatic heterocycles. The standard InChI is InChI=1S/C29H29FINO4/c1-18(14-27(33)34)13-20-9-10-21(16-26(20)30)28-31(3)29(36-32-28)22-11-12-25(23(15-22)17-35-4)24-8-6-5-7-19(24)2/h5-12,15-16,18H,3,13-14,17H2,1-2,4H3,(H,33,34). The second kappa shape index (κ2) is 11.3. The van der Waals surface area contributed by atoms with Crippen LogP contribution in [0.3, 0.4) is 0 Å². The summed E-state index contributed by atoms with van der Waals surface area (Å²) in [5.41, 5.74) is 6.57. The van der Waals surface area contributed by atoms with Crippen LogP contribution in [-0.4, -0.2) is 30.1 Å². The number of hydrogen-bond acceptors (Lipinski definition) is 4. The number of halogens is 2. The molecule has 3 aromatic rings. The summed E-state index contributed by atoms with van der Waals surface area (Å²) in [7, 11) is 1.68. The highest BCUT2D eigenvalue weighted by atomic mass is 127. The van der Waals surface area contributed by atoms with Crippen LogP contribution in [0.2, 0.25) is 0 Å². The lowest BCUT2D eigenvalue weighted by Crippen LogP contribution is -2.08. The number of aliphatic carboxylic acids is 1. The predicted molar refractivity (Wildman–Crippen MR) is 152 cm³/mol. The first kappa shape index (κ1) is 26.0. The van der Waals surface area contributed by atoms with Crippen molar-refractivity contribution in [1.82, 2.24) is 0 Å². The molecule has 0 aromatic heterocycles. The number of aryl methyl sites for hydroxylation is 1. The summed E-state index contributed by atoms with van der Waals surface area (Å²) in [5.74, 6) is -1.41. The Morgan fingerprint density at radius 3 is 2.56 bits per heavy atom. The second-order valence-corrected chi connectivity index (χ2v) is 13.0. The van der Waals surface area contributed by atoms with E-state index in [1.807, 2.05) is 24.3 Å². The van der Waals surface area contributed by atoms with Crippen LogP contribution in [0.4, 0.5) is 4.39 Å². The van der Waals surface area contributed by atoms with Gasteiger partial charge in [0.1, 0.15) is 9.54 Å². The van der Waals surface area contributed by atoms with Crippen molar-refractivity contribution in [3.05, 3.63) is 94.3 Å². The number of rotatable bonds is 9. The number of nitrogens with zero attached hydrogens (tertiary/aromatic N) is 1. The summed E-state index contributed by atoms with van der Waals surface area (Å²) >= 11 is -2.26. The minimum atomic E-state index is -2.26. The van der Waals surface area contributed by atoms with E-state index in [2.05, 4.69) is 40.9 Å². The van der Waals surface area contributed by atoms with Crippen molar-refractivity contribution in [1.29, 1.82) is 0 Å². The molecule has 0 saturated heterocycles. The number of carboxylic acids is 1. The molecule has 1 aliphatic rings. The first-order valence-corrected chi connectivity index (χ1v) is 15.3. The first-order chi connectivity index (χ1) is 17.3. The molecule has 0 amide bonds. The first-order valence-electron chi connectivity index (χ1n) is 11.6. The van der Waals surface area contributed by atoms with Gasteiger partial charge in [-0.15, -0.1) is 0 Å². The lowest BCUT2D eigenvalue weighted by molar-refractivity contribution is -0.137. The monoisotopic (exact) mass is 601 g/mol. The molecule has 4 rings (SSSR count). The molecular formula is C29H29FINO4. The van der Waals surface area contributed by atoms with E-state index in [1.165, 1.54) is 11.6 Å². The van der Waals surface area contributed by atoms with Crippen LogP contribution in [0.5, 0.6) is 0 Å². The van der Waals surface area contributed by atoms with Crippen molar-refractivity contribution < 1.29 is 23.9 Å². The van der Waals surface area contributed by atoms with Crippen molar-refractivity contribution >= 4 is 36.8 Å². The average Bonchev–Trinajstić information content (AvgIpc) is 3.22. The molecule has 0 saturated carbocycles. The Morgan fingerprint density at radius 1 is 1.11 bits per heavy atom. The molecular weight excluding hydrogens is 572 g/mol. The fourth-order valence-electron chi connectivity index (χ4n) is 4.33. The van der Waals surface area contributed by atoms with Crippen molar-refractivity contribution in [2.24, 2.45) is 11.1 Å². The molecule has 36 heavy (non-hydrogen) atoms. The highest BCUT2D eigenvalue weighted by molar-refractivity contribution is 14.2. The average molecular weight is 601 g/mol. The van der Waals surface area contributed by atoms with E-state index in [4.69, 9.17) is 14.7 Å². The van der Waals surface area contributed by atoms with Crippen molar-refractivity contribution in [3.8, 4) is 11.1 Å². The topological polar surface area (TPSA) is 68.1 Å². The maximum absolute atomic E-state index is 14.9. The number of ether oxygens (including phenoxy) is 1. The predicted octanol–water partition coefficient (Wildman–Crippen LogP) is 6.41. The van der Waals surface area contributed by atoms with Gasteiger partial charge >= 0.3 is 5.97 Å². The van der Waals surface area contributed by atoms with Gasteiger partial charge in [-0.05, 0) is 59.2 Å².